The van der Waals surface area contributed by atoms with Gasteiger partial charge in [-0.1, -0.05) is 46.8 Å². The third kappa shape index (κ3) is 3.12. The highest BCUT2D eigenvalue weighted by atomic mass is 28.3. The highest BCUT2D eigenvalue weighted by Crippen LogP contribution is 2.48. The fraction of sp³-hybridized carbons (Fsp3) is 1.00. The molecule has 0 N–H and O–H groups in total. The van der Waals surface area contributed by atoms with Crippen LogP contribution in [-0.2, 0) is 0 Å². The van der Waals surface area contributed by atoms with Crippen molar-refractivity contribution < 1.29 is 0 Å². The topological polar surface area (TPSA) is 0 Å². The van der Waals surface area contributed by atoms with Crippen LogP contribution in [-0.4, -0.2) is 8.07 Å². The van der Waals surface area contributed by atoms with E-state index in [9.17, 15) is 0 Å². The molecule has 0 aromatic heterocycles. The molecule has 0 amide bonds. The van der Waals surface area contributed by atoms with Gasteiger partial charge in [-0.3, -0.25) is 0 Å². The van der Waals surface area contributed by atoms with Crippen LogP contribution in [0.5, 0.6) is 0 Å². The lowest BCUT2D eigenvalue weighted by atomic mass is 9.72. The molecule has 0 bridgehead atoms. The standard InChI is InChI=1S/C12H26Si/c1-10-7-11(13(4,5)6)9-12(2,3)8-10/h10-11H,7-9H2,1-6H3. The number of hydrogen-bond acceptors (Lipinski definition) is 0. The van der Waals surface area contributed by atoms with Crippen molar-refractivity contribution in [2.24, 2.45) is 11.3 Å². The second-order valence-electron chi connectivity index (χ2n) is 6.98. The van der Waals surface area contributed by atoms with Gasteiger partial charge in [0.1, 0.15) is 0 Å². The molecular formula is C12H26Si. The third-order valence-electron chi connectivity index (χ3n) is 3.61. The van der Waals surface area contributed by atoms with Crippen LogP contribution in [0.15, 0.2) is 0 Å². The summed E-state index contributed by atoms with van der Waals surface area (Å²) in [5.74, 6) is 0.959. The molecule has 2 unspecified atom stereocenters. The molecule has 0 saturated heterocycles. The van der Waals surface area contributed by atoms with E-state index in [0.29, 0.717) is 5.41 Å². The van der Waals surface area contributed by atoms with Crippen LogP contribution < -0.4 is 0 Å². The van der Waals surface area contributed by atoms with Crippen molar-refractivity contribution in [1.82, 2.24) is 0 Å². The molecule has 78 valence electrons. The molecule has 13 heavy (non-hydrogen) atoms. The average molecular weight is 198 g/mol. The first-order valence-electron chi connectivity index (χ1n) is 5.71. The highest BCUT2D eigenvalue weighted by molar-refractivity contribution is 6.77. The molecule has 2 atom stereocenters. The van der Waals surface area contributed by atoms with Crippen molar-refractivity contribution in [3.63, 3.8) is 0 Å². The molecule has 0 aliphatic heterocycles. The minimum absolute atomic E-state index is 0.614. The molecular weight excluding hydrogens is 172 g/mol. The molecule has 1 aliphatic carbocycles. The summed E-state index contributed by atoms with van der Waals surface area (Å²) in [7, 11) is -0.887. The van der Waals surface area contributed by atoms with Crippen LogP contribution in [0, 0.1) is 11.3 Å². The largest absolute Gasteiger partial charge is 0.0693 e. The first kappa shape index (κ1) is 11.3. The van der Waals surface area contributed by atoms with Gasteiger partial charge < -0.3 is 0 Å². The van der Waals surface area contributed by atoms with E-state index in [0.717, 1.165) is 11.5 Å². The summed E-state index contributed by atoms with van der Waals surface area (Å²) >= 11 is 0. The van der Waals surface area contributed by atoms with Gasteiger partial charge >= 0.3 is 0 Å². The first-order chi connectivity index (χ1) is 5.71. The fourth-order valence-electron chi connectivity index (χ4n) is 3.01. The summed E-state index contributed by atoms with van der Waals surface area (Å²) in [5.41, 5.74) is 1.68. The molecule has 0 radical (unpaired) electrons. The Morgan fingerprint density at radius 1 is 1.08 bits per heavy atom. The van der Waals surface area contributed by atoms with Crippen molar-refractivity contribution in [3.8, 4) is 0 Å². The van der Waals surface area contributed by atoms with Gasteiger partial charge in [-0.2, -0.15) is 0 Å². The average Bonchev–Trinajstić information content (AvgIpc) is 1.79. The zero-order valence-electron chi connectivity index (χ0n) is 10.3. The van der Waals surface area contributed by atoms with Crippen molar-refractivity contribution >= 4 is 8.07 Å². The summed E-state index contributed by atoms with van der Waals surface area (Å²) < 4.78 is 0. The predicted octanol–water partition coefficient (Wildman–Crippen LogP) is 4.54. The molecule has 1 aliphatic rings. The van der Waals surface area contributed by atoms with E-state index in [4.69, 9.17) is 0 Å². The second kappa shape index (κ2) is 3.41. The number of rotatable bonds is 1. The summed E-state index contributed by atoms with van der Waals surface area (Å²) in [6.07, 6.45) is 4.42. The van der Waals surface area contributed by atoms with E-state index in [1.165, 1.54) is 19.3 Å². The van der Waals surface area contributed by atoms with Gasteiger partial charge in [0.05, 0.1) is 0 Å². The Morgan fingerprint density at radius 3 is 2.00 bits per heavy atom. The molecule has 0 aromatic rings. The van der Waals surface area contributed by atoms with Crippen molar-refractivity contribution in [2.75, 3.05) is 0 Å². The molecule has 0 nitrogen and oxygen atoms in total. The predicted molar refractivity (Wildman–Crippen MR) is 63.9 cm³/mol. The van der Waals surface area contributed by atoms with Gasteiger partial charge in [-0.15, -0.1) is 0 Å². The van der Waals surface area contributed by atoms with Crippen LogP contribution in [0.4, 0.5) is 0 Å². The summed E-state index contributed by atoms with van der Waals surface area (Å²) in [6, 6.07) is 0. The van der Waals surface area contributed by atoms with E-state index in [-0.39, 0.29) is 0 Å². The number of hydrogen-bond donors (Lipinski definition) is 0. The second-order valence-corrected chi connectivity index (χ2v) is 12.5. The Hall–Kier alpha value is 0.217. The minimum atomic E-state index is -0.887. The SMILES string of the molecule is CC1CC([Si](C)(C)C)CC(C)(C)C1. The van der Waals surface area contributed by atoms with Gasteiger partial charge in [0.2, 0.25) is 0 Å². The lowest BCUT2D eigenvalue weighted by molar-refractivity contribution is 0.188. The maximum absolute atomic E-state index is 2.53. The minimum Gasteiger partial charge on any atom is -0.0693 e. The van der Waals surface area contributed by atoms with Gasteiger partial charge in [0, 0.05) is 8.07 Å². The third-order valence-corrected chi connectivity index (χ3v) is 6.50. The monoisotopic (exact) mass is 198 g/mol. The van der Waals surface area contributed by atoms with Gasteiger partial charge in [-0.05, 0) is 29.7 Å². The molecule has 0 heterocycles. The fourth-order valence-corrected chi connectivity index (χ4v) is 5.28. The summed E-state index contributed by atoms with van der Waals surface area (Å²) in [4.78, 5) is 0. The zero-order chi connectivity index (χ0) is 10.3. The van der Waals surface area contributed by atoms with E-state index in [1.807, 2.05) is 0 Å². The molecule has 0 spiro atoms. The van der Waals surface area contributed by atoms with Gasteiger partial charge in [0.25, 0.3) is 0 Å². The Morgan fingerprint density at radius 2 is 1.62 bits per heavy atom. The smallest absolute Gasteiger partial charge is 0.0474 e. The van der Waals surface area contributed by atoms with Gasteiger partial charge in [0.15, 0.2) is 0 Å². The van der Waals surface area contributed by atoms with Crippen molar-refractivity contribution in [2.45, 2.75) is 65.2 Å². The maximum Gasteiger partial charge on any atom is 0.0474 e. The molecule has 1 heteroatoms. The lowest BCUT2D eigenvalue weighted by Gasteiger charge is -2.44. The normalized spacial score (nSPS) is 34.6. The van der Waals surface area contributed by atoms with Gasteiger partial charge in [-0.25, -0.2) is 0 Å². The molecule has 1 rings (SSSR count). The van der Waals surface area contributed by atoms with E-state index >= 15 is 0 Å². The van der Waals surface area contributed by atoms with Crippen LogP contribution >= 0.6 is 0 Å². The maximum atomic E-state index is 2.53. The summed E-state index contributed by atoms with van der Waals surface area (Å²) in [5, 5.41) is 0. The molecule has 1 saturated carbocycles. The quantitative estimate of drug-likeness (QED) is 0.543. The lowest BCUT2D eigenvalue weighted by Crippen LogP contribution is -2.37. The Bertz CT molecular complexity index is 176. The van der Waals surface area contributed by atoms with Crippen molar-refractivity contribution in [3.05, 3.63) is 0 Å². The van der Waals surface area contributed by atoms with Crippen LogP contribution in [0.2, 0.25) is 25.2 Å². The molecule has 0 aromatic carbocycles. The van der Waals surface area contributed by atoms with Crippen molar-refractivity contribution in [1.29, 1.82) is 0 Å². The summed E-state index contributed by atoms with van der Waals surface area (Å²) in [6.45, 7) is 14.9. The van der Waals surface area contributed by atoms with Crippen LogP contribution in [0.1, 0.15) is 40.0 Å². The Balaban J connectivity index is 2.69. The van der Waals surface area contributed by atoms with E-state index in [1.54, 1.807) is 0 Å². The Kier molecular flexibility index (Phi) is 2.97. The van der Waals surface area contributed by atoms with Crippen LogP contribution in [0.3, 0.4) is 0 Å². The molecule has 1 fully saturated rings. The van der Waals surface area contributed by atoms with Crippen LogP contribution in [0.25, 0.3) is 0 Å². The zero-order valence-corrected chi connectivity index (χ0v) is 11.3. The first-order valence-corrected chi connectivity index (χ1v) is 9.28. The highest BCUT2D eigenvalue weighted by Gasteiger charge is 2.38. The van der Waals surface area contributed by atoms with E-state index < -0.39 is 8.07 Å². The van der Waals surface area contributed by atoms with E-state index in [2.05, 4.69) is 40.4 Å². The Labute approximate surface area is 85.1 Å².